The first-order valence-electron chi connectivity index (χ1n) is 9.57. The molecule has 160 valence electrons. The second kappa shape index (κ2) is 9.84. The molecule has 9 heteroatoms. The van der Waals surface area contributed by atoms with Crippen LogP contribution in [0.3, 0.4) is 0 Å². The number of carbonyl (C=O) groups excluding carboxylic acids is 2. The summed E-state index contributed by atoms with van der Waals surface area (Å²) in [5, 5.41) is 0. The number of ether oxygens (including phenoxy) is 2. The molecule has 8 nitrogen and oxygen atoms in total. The molecule has 30 heavy (non-hydrogen) atoms. The van der Waals surface area contributed by atoms with Crippen molar-refractivity contribution < 1.29 is 27.5 Å². The molecule has 1 fully saturated rings. The molecule has 2 aromatic rings. The molecule has 1 aliphatic rings. The van der Waals surface area contributed by atoms with Gasteiger partial charge in [-0.1, -0.05) is 24.3 Å². The van der Waals surface area contributed by atoms with Gasteiger partial charge in [0.2, 0.25) is 15.9 Å². The molecule has 3 rings (SSSR count). The van der Waals surface area contributed by atoms with Crippen molar-refractivity contribution in [2.24, 2.45) is 5.73 Å². The number of esters is 1. The largest absolute Gasteiger partial charge is 0.461 e. The Morgan fingerprint density at radius 2 is 1.73 bits per heavy atom. The standard InChI is InChI=1S/C21H24N2O6S/c22-21(25)18-3-1-2-17(14-18)15-29-20(24)9-6-16-4-7-19(8-5-16)30(26,27)23-10-12-28-13-11-23/h1-5,7-8,14H,6,9-13,15H2,(H2,22,25). The Morgan fingerprint density at radius 3 is 2.40 bits per heavy atom. The minimum Gasteiger partial charge on any atom is -0.461 e. The summed E-state index contributed by atoms with van der Waals surface area (Å²) < 4.78 is 37.1. The molecule has 1 saturated heterocycles. The molecule has 1 amide bonds. The summed E-state index contributed by atoms with van der Waals surface area (Å²) in [6.45, 7) is 1.53. The minimum absolute atomic E-state index is 0.0523. The molecule has 0 spiro atoms. The van der Waals surface area contributed by atoms with Gasteiger partial charge in [0.15, 0.2) is 0 Å². The Balaban J connectivity index is 1.50. The van der Waals surface area contributed by atoms with E-state index in [1.165, 1.54) is 4.31 Å². The lowest BCUT2D eigenvalue weighted by Gasteiger charge is -2.26. The molecular weight excluding hydrogens is 408 g/mol. The van der Waals surface area contributed by atoms with Crippen molar-refractivity contribution in [3.05, 3.63) is 65.2 Å². The SMILES string of the molecule is NC(=O)c1cccc(COC(=O)CCc2ccc(S(=O)(=O)N3CCOCC3)cc2)c1. The van der Waals surface area contributed by atoms with E-state index >= 15 is 0 Å². The Bertz CT molecular complexity index is 998. The number of sulfonamides is 1. The first kappa shape index (κ1) is 21.9. The number of carbonyl (C=O) groups is 2. The number of amides is 1. The van der Waals surface area contributed by atoms with Crippen molar-refractivity contribution in [1.82, 2.24) is 4.31 Å². The van der Waals surface area contributed by atoms with Crippen LogP contribution in [-0.2, 0) is 37.3 Å². The van der Waals surface area contributed by atoms with Gasteiger partial charge >= 0.3 is 5.97 Å². The summed E-state index contributed by atoms with van der Waals surface area (Å²) in [4.78, 5) is 23.4. The fourth-order valence-electron chi connectivity index (χ4n) is 3.06. The maximum atomic E-state index is 12.6. The molecule has 0 radical (unpaired) electrons. The average Bonchev–Trinajstić information content (AvgIpc) is 2.77. The lowest BCUT2D eigenvalue weighted by molar-refractivity contribution is -0.144. The zero-order chi connectivity index (χ0) is 21.6. The minimum atomic E-state index is -3.53. The van der Waals surface area contributed by atoms with Crippen molar-refractivity contribution >= 4 is 21.9 Å². The van der Waals surface area contributed by atoms with E-state index in [2.05, 4.69) is 0 Å². The zero-order valence-corrected chi connectivity index (χ0v) is 17.3. The first-order valence-corrected chi connectivity index (χ1v) is 11.0. The second-order valence-corrected chi connectivity index (χ2v) is 8.82. The second-order valence-electron chi connectivity index (χ2n) is 6.89. The quantitative estimate of drug-likeness (QED) is 0.632. The van der Waals surface area contributed by atoms with E-state index in [0.717, 1.165) is 5.56 Å². The van der Waals surface area contributed by atoms with E-state index < -0.39 is 15.9 Å². The predicted octanol–water partition coefficient (Wildman–Crippen LogP) is 1.48. The highest BCUT2D eigenvalue weighted by Crippen LogP contribution is 2.18. The smallest absolute Gasteiger partial charge is 0.306 e. The number of morpholine rings is 1. The highest BCUT2D eigenvalue weighted by molar-refractivity contribution is 7.89. The number of benzene rings is 2. The molecule has 0 unspecified atom stereocenters. The molecule has 0 atom stereocenters. The summed E-state index contributed by atoms with van der Waals surface area (Å²) in [7, 11) is -3.53. The molecule has 0 aliphatic carbocycles. The third-order valence-electron chi connectivity index (χ3n) is 4.76. The molecule has 0 aromatic heterocycles. The van der Waals surface area contributed by atoms with Crippen LogP contribution in [0.15, 0.2) is 53.4 Å². The average molecular weight is 432 g/mol. The molecule has 2 aromatic carbocycles. The maximum absolute atomic E-state index is 12.6. The highest BCUT2D eigenvalue weighted by Gasteiger charge is 2.26. The van der Waals surface area contributed by atoms with Gasteiger partial charge < -0.3 is 15.2 Å². The van der Waals surface area contributed by atoms with E-state index in [1.807, 2.05) is 0 Å². The van der Waals surface area contributed by atoms with Crippen LogP contribution in [0.5, 0.6) is 0 Å². The van der Waals surface area contributed by atoms with Crippen LogP contribution < -0.4 is 5.73 Å². The molecule has 1 heterocycles. The van der Waals surface area contributed by atoms with Gasteiger partial charge in [0.1, 0.15) is 6.61 Å². The number of nitrogens with two attached hydrogens (primary N) is 1. The summed E-state index contributed by atoms with van der Waals surface area (Å²) >= 11 is 0. The molecule has 0 saturated carbocycles. The Morgan fingerprint density at radius 1 is 1.03 bits per heavy atom. The van der Waals surface area contributed by atoms with E-state index in [1.54, 1.807) is 48.5 Å². The van der Waals surface area contributed by atoms with Gasteiger partial charge in [0, 0.05) is 25.1 Å². The molecule has 0 bridgehead atoms. The highest BCUT2D eigenvalue weighted by atomic mass is 32.2. The van der Waals surface area contributed by atoms with Crippen LogP contribution in [0, 0.1) is 0 Å². The van der Waals surface area contributed by atoms with Crippen molar-refractivity contribution in [3.63, 3.8) is 0 Å². The van der Waals surface area contributed by atoms with Gasteiger partial charge in [0.05, 0.1) is 18.1 Å². The van der Waals surface area contributed by atoms with Crippen LogP contribution >= 0.6 is 0 Å². The number of hydrogen-bond acceptors (Lipinski definition) is 6. The summed E-state index contributed by atoms with van der Waals surface area (Å²) in [6, 6.07) is 13.1. The topological polar surface area (TPSA) is 116 Å². The fourth-order valence-corrected chi connectivity index (χ4v) is 4.47. The van der Waals surface area contributed by atoms with Crippen LogP contribution in [0.4, 0.5) is 0 Å². The van der Waals surface area contributed by atoms with Crippen molar-refractivity contribution in [2.45, 2.75) is 24.3 Å². The van der Waals surface area contributed by atoms with E-state index in [0.29, 0.717) is 43.9 Å². The molecular formula is C21H24N2O6S. The zero-order valence-electron chi connectivity index (χ0n) is 16.5. The number of nitrogens with zero attached hydrogens (tertiary/aromatic N) is 1. The first-order chi connectivity index (χ1) is 14.4. The fraction of sp³-hybridized carbons (Fsp3) is 0.333. The van der Waals surface area contributed by atoms with Gasteiger partial charge in [-0.3, -0.25) is 9.59 Å². The number of rotatable bonds is 8. The van der Waals surface area contributed by atoms with E-state index in [4.69, 9.17) is 15.2 Å². The Labute approximate surface area is 175 Å². The molecule has 1 aliphatic heterocycles. The van der Waals surface area contributed by atoms with E-state index in [9.17, 15) is 18.0 Å². The Kier molecular flexibility index (Phi) is 7.20. The predicted molar refractivity (Wildman–Crippen MR) is 109 cm³/mol. The van der Waals surface area contributed by atoms with Gasteiger partial charge in [-0.15, -0.1) is 0 Å². The molecule has 2 N–H and O–H groups in total. The summed E-state index contributed by atoms with van der Waals surface area (Å²) in [5.41, 5.74) is 7.11. The normalized spacial score (nSPS) is 14.9. The third kappa shape index (κ3) is 5.65. The lowest BCUT2D eigenvalue weighted by atomic mass is 10.1. The van der Waals surface area contributed by atoms with Crippen LogP contribution in [0.1, 0.15) is 27.9 Å². The Hall–Kier alpha value is -2.75. The van der Waals surface area contributed by atoms with Gasteiger partial charge in [0.25, 0.3) is 0 Å². The third-order valence-corrected chi connectivity index (χ3v) is 6.67. The van der Waals surface area contributed by atoms with Gasteiger partial charge in [-0.25, -0.2) is 8.42 Å². The van der Waals surface area contributed by atoms with E-state index in [-0.39, 0.29) is 23.9 Å². The van der Waals surface area contributed by atoms with Gasteiger partial charge in [-0.05, 0) is 41.8 Å². The lowest BCUT2D eigenvalue weighted by Crippen LogP contribution is -2.40. The van der Waals surface area contributed by atoms with Crippen LogP contribution in [0.2, 0.25) is 0 Å². The van der Waals surface area contributed by atoms with Crippen LogP contribution in [0.25, 0.3) is 0 Å². The van der Waals surface area contributed by atoms with Crippen molar-refractivity contribution in [2.75, 3.05) is 26.3 Å². The number of primary amides is 1. The summed E-state index contributed by atoms with van der Waals surface area (Å²) in [5.74, 6) is -0.924. The van der Waals surface area contributed by atoms with Crippen molar-refractivity contribution in [1.29, 1.82) is 0 Å². The number of aryl methyl sites for hydroxylation is 1. The monoisotopic (exact) mass is 432 g/mol. The summed E-state index contributed by atoms with van der Waals surface area (Å²) in [6.07, 6.45) is 0.586. The number of hydrogen-bond donors (Lipinski definition) is 1. The van der Waals surface area contributed by atoms with Crippen molar-refractivity contribution in [3.8, 4) is 0 Å². The maximum Gasteiger partial charge on any atom is 0.306 e. The van der Waals surface area contributed by atoms with Crippen LogP contribution in [-0.4, -0.2) is 50.9 Å². The van der Waals surface area contributed by atoms with Gasteiger partial charge in [-0.2, -0.15) is 4.31 Å².